The number of ketones is 2. The smallest absolute Gasteiger partial charge is 0.405 e. The monoisotopic (exact) mass is 769 g/mol. The molecule has 55 heavy (non-hydrogen) atoms. The van der Waals surface area contributed by atoms with Gasteiger partial charge in [-0.05, 0) is 51.0 Å². The standard InChI is InChI=1S/C45H72N2O8/c1-8-9-10-11-12-13-14-15-16-17-18-19-20-21-22-25-35-36-27-31(2)28-40(54-7)41(49)33(4)29-34(5)43(55-45(46)52)39(53-6)26-23-24-32(3)44(51)47-37(42(36)50)30-38(35)48/h23-24,26,29-31,33,39-41,43,49H,8-22,25,27-28H2,1-7H3,(H2,46,52)(H,47,51)/b26-23-,32-24+,34-29+/t31-,33+,39+,40+,41-,43+/m1/s1. The molecule has 0 radical (unpaired) electrons. The molecule has 1 heterocycles. The molecule has 0 saturated heterocycles. The van der Waals surface area contributed by atoms with E-state index >= 15 is 0 Å². The number of primary amides is 1. The van der Waals surface area contributed by atoms with E-state index in [1.807, 2.05) is 13.8 Å². The molecule has 0 spiro atoms. The van der Waals surface area contributed by atoms with E-state index in [2.05, 4.69) is 12.2 Å². The highest BCUT2D eigenvalue weighted by atomic mass is 16.6. The third-order valence-electron chi connectivity index (χ3n) is 10.9. The highest BCUT2D eigenvalue weighted by Gasteiger charge is 2.33. The van der Waals surface area contributed by atoms with Gasteiger partial charge in [0.05, 0.1) is 17.9 Å². The van der Waals surface area contributed by atoms with Crippen LogP contribution < -0.4 is 11.1 Å². The van der Waals surface area contributed by atoms with Gasteiger partial charge in [0.25, 0.3) is 5.91 Å². The minimum absolute atomic E-state index is 0.0476. The molecule has 4 N–H and O–H groups in total. The van der Waals surface area contributed by atoms with Crippen molar-refractivity contribution in [1.82, 2.24) is 5.32 Å². The summed E-state index contributed by atoms with van der Waals surface area (Å²) in [5.41, 5.74) is 7.18. The van der Waals surface area contributed by atoms with Gasteiger partial charge in [0.2, 0.25) is 5.78 Å². The zero-order chi connectivity index (χ0) is 40.8. The molecule has 2 bridgehead atoms. The summed E-state index contributed by atoms with van der Waals surface area (Å²) in [6.07, 6.45) is 23.5. The fourth-order valence-electron chi connectivity index (χ4n) is 7.59. The molecular formula is C45H72N2O8. The zero-order valence-corrected chi connectivity index (χ0v) is 35.0. The first-order chi connectivity index (χ1) is 26.3. The molecular weight excluding hydrogens is 697 g/mol. The number of methoxy groups -OCH3 is 2. The maximum Gasteiger partial charge on any atom is 0.405 e. The third kappa shape index (κ3) is 17.1. The van der Waals surface area contributed by atoms with Crippen molar-refractivity contribution in [2.24, 2.45) is 17.6 Å². The average Bonchev–Trinajstić information content (AvgIpc) is 3.15. The number of hydrogen-bond acceptors (Lipinski definition) is 8. The van der Waals surface area contributed by atoms with Gasteiger partial charge >= 0.3 is 6.09 Å². The van der Waals surface area contributed by atoms with E-state index in [4.69, 9.17) is 19.9 Å². The van der Waals surface area contributed by atoms with E-state index in [1.165, 1.54) is 97.3 Å². The molecule has 10 nitrogen and oxygen atoms in total. The molecule has 1 aliphatic heterocycles. The molecule has 0 unspecified atom stereocenters. The van der Waals surface area contributed by atoms with Crippen molar-refractivity contribution in [1.29, 1.82) is 0 Å². The molecule has 2 amide bonds. The van der Waals surface area contributed by atoms with Crippen LogP contribution in [0.15, 0.2) is 58.4 Å². The second-order valence-electron chi connectivity index (χ2n) is 15.7. The summed E-state index contributed by atoms with van der Waals surface area (Å²) in [5, 5.41) is 14.1. The van der Waals surface area contributed by atoms with E-state index in [-0.39, 0.29) is 28.8 Å². The molecule has 0 saturated carbocycles. The maximum atomic E-state index is 14.0. The lowest BCUT2D eigenvalue weighted by atomic mass is 9.82. The number of fused-ring (bicyclic) bond motifs is 2. The fourth-order valence-corrected chi connectivity index (χ4v) is 7.59. The number of rotatable bonds is 19. The first-order valence-electron chi connectivity index (χ1n) is 20.9. The molecule has 10 heteroatoms. The zero-order valence-electron chi connectivity index (χ0n) is 35.0. The molecule has 6 atom stereocenters. The van der Waals surface area contributed by atoms with Crippen LogP contribution in [0.2, 0.25) is 0 Å². The predicted molar refractivity (Wildman–Crippen MR) is 219 cm³/mol. The lowest BCUT2D eigenvalue weighted by molar-refractivity contribution is -0.120. The van der Waals surface area contributed by atoms with Gasteiger partial charge in [-0.25, -0.2) is 4.79 Å². The Labute approximate surface area is 331 Å². The van der Waals surface area contributed by atoms with Crippen molar-refractivity contribution < 1.29 is 38.5 Å². The van der Waals surface area contributed by atoms with E-state index < -0.39 is 42.3 Å². The van der Waals surface area contributed by atoms with E-state index in [1.54, 1.807) is 38.2 Å². The first-order valence-corrected chi connectivity index (χ1v) is 20.9. The summed E-state index contributed by atoms with van der Waals surface area (Å²) in [6, 6.07) is 0. The normalized spacial score (nSPS) is 27.1. The number of ether oxygens (including phenoxy) is 3. The van der Waals surface area contributed by atoms with E-state index in [9.17, 15) is 24.3 Å². The summed E-state index contributed by atoms with van der Waals surface area (Å²) in [6.45, 7) is 9.43. The number of aliphatic hydroxyl groups excluding tert-OH is 1. The number of amides is 2. The van der Waals surface area contributed by atoms with Gasteiger partial charge in [-0.15, -0.1) is 0 Å². The quantitative estimate of drug-likeness (QED) is 0.0668. The lowest BCUT2D eigenvalue weighted by Gasteiger charge is -2.30. The number of nitrogens with two attached hydrogens (primary N) is 1. The first kappa shape index (κ1) is 47.8. The SMILES string of the molecule is CCCCCCCCCCCCCCCCCC1=C2C[C@@H](C)C[C@H](OC)[C@H](O)[C@@H](C)/C=C(\C)[C@H](OC(N)=O)[C@@H](OC)/C=C\C=C(/C)C(=O)NC(=CC1=O)C2=O. The molecule has 1 aliphatic carbocycles. The number of carbonyl (C=O) groups is 4. The van der Waals surface area contributed by atoms with Crippen molar-refractivity contribution in [2.75, 3.05) is 14.2 Å². The molecule has 0 aromatic heterocycles. The third-order valence-corrected chi connectivity index (χ3v) is 10.9. The molecule has 0 fully saturated rings. The second kappa shape index (κ2) is 26.5. The number of carbonyl (C=O) groups excluding carboxylic acids is 4. The summed E-state index contributed by atoms with van der Waals surface area (Å²) in [7, 11) is 2.99. The van der Waals surface area contributed by atoms with Crippen LogP contribution in [0.25, 0.3) is 0 Å². The number of nitrogens with one attached hydrogen (secondary N) is 1. The van der Waals surface area contributed by atoms with Crippen LogP contribution in [0, 0.1) is 11.8 Å². The Morgan fingerprint density at radius 2 is 1.44 bits per heavy atom. The Morgan fingerprint density at radius 3 is 1.96 bits per heavy atom. The van der Waals surface area contributed by atoms with Crippen molar-refractivity contribution >= 4 is 23.6 Å². The maximum absolute atomic E-state index is 14.0. The van der Waals surface area contributed by atoms with Crippen LogP contribution in [-0.4, -0.2) is 67.3 Å². The number of aliphatic hydroxyl groups is 1. The Balaban J connectivity index is 2.20. The van der Waals surface area contributed by atoms with Gasteiger partial charge in [-0.2, -0.15) is 0 Å². The van der Waals surface area contributed by atoms with Crippen molar-refractivity contribution in [3.8, 4) is 0 Å². The van der Waals surface area contributed by atoms with Crippen LogP contribution >= 0.6 is 0 Å². The Hall–Kier alpha value is -3.34. The highest BCUT2D eigenvalue weighted by molar-refractivity contribution is 6.23. The number of Topliss-reactive ketones (excluding diaryl/α,β-unsaturated/α-hetero) is 1. The Kier molecular flexibility index (Phi) is 23.0. The molecule has 2 rings (SSSR count). The minimum Gasteiger partial charge on any atom is -0.439 e. The predicted octanol–water partition coefficient (Wildman–Crippen LogP) is 9.07. The van der Waals surface area contributed by atoms with Crippen molar-refractivity contribution in [3.63, 3.8) is 0 Å². The van der Waals surface area contributed by atoms with Gasteiger partial charge in [-0.3, -0.25) is 14.4 Å². The van der Waals surface area contributed by atoms with Crippen LogP contribution in [0.4, 0.5) is 4.79 Å². The van der Waals surface area contributed by atoms with Gasteiger partial charge in [0.1, 0.15) is 6.10 Å². The average molecular weight is 769 g/mol. The summed E-state index contributed by atoms with van der Waals surface area (Å²) < 4.78 is 16.8. The van der Waals surface area contributed by atoms with Crippen molar-refractivity contribution in [2.45, 2.75) is 175 Å². The fraction of sp³-hybridized carbons (Fsp3) is 0.689. The number of unbranched alkanes of at least 4 members (excludes halogenated alkanes) is 14. The van der Waals surface area contributed by atoms with Gasteiger partial charge in [-0.1, -0.05) is 135 Å². The summed E-state index contributed by atoms with van der Waals surface area (Å²) >= 11 is 0. The Morgan fingerprint density at radius 1 is 0.873 bits per heavy atom. The van der Waals surface area contributed by atoms with Crippen LogP contribution in [0.5, 0.6) is 0 Å². The number of allylic oxidation sites excluding steroid dienone is 5. The van der Waals surface area contributed by atoms with Gasteiger partial charge < -0.3 is 30.4 Å². The summed E-state index contributed by atoms with van der Waals surface area (Å²) in [4.78, 5) is 52.7. The van der Waals surface area contributed by atoms with Crippen LogP contribution in [-0.2, 0) is 28.6 Å². The van der Waals surface area contributed by atoms with Crippen LogP contribution in [0.1, 0.15) is 150 Å². The highest BCUT2D eigenvalue weighted by Crippen LogP contribution is 2.31. The molecule has 0 aromatic rings. The molecule has 0 aromatic carbocycles. The molecule has 2 aliphatic rings. The largest absolute Gasteiger partial charge is 0.439 e. The summed E-state index contributed by atoms with van der Waals surface area (Å²) in [5.74, 6) is -1.71. The lowest BCUT2D eigenvalue weighted by Crippen LogP contribution is -2.37. The van der Waals surface area contributed by atoms with Gasteiger partial charge in [0, 0.05) is 42.9 Å². The Bertz CT molecular complexity index is 1390. The minimum atomic E-state index is -0.985. The van der Waals surface area contributed by atoms with E-state index in [0.717, 1.165) is 19.3 Å². The van der Waals surface area contributed by atoms with Crippen LogP contribution in [0.3, 0.4) is 0 Å². The topological polar surface area (TPSA) is 154 Å². The van der Waals surface area contributed by atoms with E-state index in [0.29, 0.717) is 36.0 Å². The number of hydrogen-bond donors (Lipinski definition) is 3. The second-order valence-corrected chi connectivity index (χ2v) is 15.7. The van der Waals surface area contributed by atoms with Gasteiger partial charge in [0.15, 0.2) is 11.9 Å². The van der Waals surface area contributed by atoms with Crippen molar-refractivity contribution in [3.05, 3.63) is 58.4 Å². The molecule has 310 valence electrons.